The van der Waals surface area contributed by atoms with Crippen molar-refractivity contribution in [1.29, 1.82) is 0 Å². The van der Waals surface area contributed by atoms with Gasteiger partial charge in [-0.2, -0.15) is 0 Å². The molecule has 0 aliphatic carbocycles. The fourth-order valence-corrected chi connectivity index (χ4v) is 2.14. The van der Waals surface area contributed by atoms with Crippen molar-refractivity contribution in [3.63, 3.8) is 0 Å². The van der Waals surface area contributed by atoms with Gasteiger partial charge in [0.15, 0.2) is 5.78 Å². The molecule has 0 spiro atoms. The number of pyridine rings is 1. The highest BCUT2D eigenvalue weighted by Crippen LogP contribution is 2.16. The minimum Gasteiger partial charge on any atom is -0.294 e. The van der Waals surface area contributed by atoms with Crippen LogP contribution in [-0.2, 0) is 6.42 Å². The van der Waals surface area contributed by atoms with Crippen molar-refractivity contribution in [2.45, 2.75) is 20.3 Å². The van der Waals surface area contributed by atoms with E-state index >= 15 is 0 Å². The Bertz CT molecular complexity index is 573. The van der Waals surface area contributed by atoms with Crippen LogP contribution < -0.4 is 0 Å². The summed E-state index contributed by atoms with van der Waals surface area (Å²) in [5.41, 5.74) is 3.48. The van der Waals surface area contributed by atoms with Crippen LogP contribution in [0.25, 0.3) is 0 Å². The molecule has 1 heterocycles. The molecule has 0 unspecified atom stereocenters. The number of aromatic nitrogens is 1. The van der Waals surface area contributed by atoms with Gasteiger partial charge in [-0.3, -0.25) is 9.78 Å². The van der Waals surface area contributed by atoms with Crippen molar-refractivity contribution in [3.05, 3.63) is 63.9 Å². The average Bonchev–Trinajstić information content (AvgIpc) is 2.31. The van der Waals surface area contributed by atoms with Crippen LogP contribution >= 0.6 is 11.6 Å². The molecule has 0 fully saturated rings. The van der Waals surface area contributed by atoms with Gasteiger partial charge in [-0.15, -0.1) is 0 Å². The fourth-order valence-electron chi connectivity index (χ4n) is 1.85. The van der Waals surface area contributed by atoms with E-state index in [0.717, 1.165) is 16.8 Å². The number of halogens is 1. The molecule has 0 amide bonds. The highest BCUT2D eigenvalue weighted by Gasteiger charge is 2.10. The third kappa shape index (κ3) is 2.96. The maximum atomic E-state index is 12.2. The molecule has 2 nitrogen and oxygen atoms in total. The fraction of sp³-hybridized carbons (Fsp3) is 0.200. The molecule has 2 aromatic rings. The molecule has 0 radical (unpaired) electrons. The molecule has 1 aromatic heterocycles. The first-order valence-corrected chi connectivity index (χ1v) is 6.15. The van der Waals surface area contributed by atoms with Crippen LogP contribution in [0.15, 0.2) is 36.5 Å². The highest BCUT2D eigenvalue weighted by molar-refractivity contribution is 6.31. The van der Waals surface area contributed by atoms with Crippen LogP contribution in [0.5, 0.6) is 0 Å². The van der Waals surface area contributed by atoms with Gasteiger partial charge in [-0.25, -0.2) is 0 Å². The molecule has 0 aliphatic rings. The second kappa shape index (κ2) is 5.32. The second-order valence-electron chi connectivity index (χ2n) is 4.38. The first-order chi connectivity index (χ1) is 8.56. The smallest absolute Gasteiger partial charge is 0.168 e. The molecular weight excluding hydrogens is 246 g/mol. The molecule has 0 aliphatic heterocycles. The molecule has 2 rings (SSSR count). The molecule has 0 N–H and O–H groups in total. The molecule has 0 saturated carbocycles. The highest BCUT2D eigenvalue weighted by atomic mass is 35.5. The molecule has 0 bridgehead atoms. The predicted octanol–water partition coefficient (Wildman–Crippen LogP) is 3.78. The molecule has 18 heavy (non-hydrogen) atoms. The number of benzene rings is 1. The van der Waals surface area contributed by atoms with Crippen molar-refractivity contribution in [2.75, 3.05) is 0 Å². The Labute approximate surface area is 112 Å². The van der Waals surface area contributed by atoms with Crippen molar-refractivity contribution >= 4 is 17.4 Å². The number of hydrogen-bond donors (Lipinski definition) is 0. The average molecular weight is 260 g/mol. The number of carbonyl (C=O) groups is 1. The van der Waals surface area contributed by atoms with Crippen molar-refractivity contribution in [1.82, 2.24) is 4.98 Å². The van der Waals surface area contributed by atoms with E-state index in [4.69, 9.17) is 11.6 Å². The van der Waals surface area contributed by atoms with Gasteiger partial charge in [0.1, 0.15) is 0 Å². The van der Waals surface area contributed by atoms with E-state index in [1.54, 1.807) is 12.3 Å². The van der Waals surface area contributed by atoms with Crippen LogP contribution in [0.3, 0.4) is 0 Å². The third-order valence-corrected chi connectivity index (χ3v) is 3.03. The second-order valence-corrected chi connectivity index (χ2v) is 4.82. The van der Waals surface area contributed by atoms with Gasteiger partial charge in [0, 0.05) is 16.8 Å². The van der Waals surface area contributed by atoms with E-state index in [0.29, 0.717) is 17.0 Å². The van der Waals surface area contributed by atoms with E-state index in [1.807, 2.05) is 38.1 Å². The van der Waals surface area contributed by atoms with Crippen LogP contribution in [0.2, 0.25) is 5.02 Å². The predicted molar refractivity (Wildman–Crippen MR) is 73.2 cm³/mol. The van der Waals surface area contributed by atoms with Gasteiger partial charge in [0.25, 0.3) is 0 Å². The Morgan fingerprint density at radius 2 is 2.06 bits per heavy atom. The van der Waals surface area contributed by atoms with Crippen molar-refractivity contribution < 1.29 is 4.79 Å². The summed E-state index contributed by atoms with van der Waals surface area (Å²) in [4.78, 5) is 16.4. The monoisotopic (exact) mass is 259 g/mol. The minimum atomic E-state index is 0.0439. The Morgan fingerprint density at radius 3 is 2.72 bits per heavy atom. The maximum absolute atomic E-state index is 12.2. The summed E-state index contributed by atoms with van der Waals surface area (Å²) in [7, 11) is 0. The lowest BCUT2D eigenvalue weighted by Crippen LogP contribution is -2.06. The number of ketones is 1. The summed E-state index contributed by atoms with van der Waals surface area (Å²) >= 11 is 5.96. The Balaban J connectivity index is 2.25. The number of rotatable bonds is 3. The number of aryl methyl sites for hydroxylation is 2. The van der Waals surface area contributed by atoms with E-state index < -0.39 is 0 Å². The summed E-state index contributed by atoms with van der Waals surface area (Å²) in [6, 6.07) is 9.22. The maximum Gasteiger partial charge on any atom is 0.168 e. The van der Waals surface area contributed by atoms with Crippen molar-refractivity contribution in [3.8, 4) is 0 Å². The lowest BCUT2D eigenvalue weighted by molar-refractivity contribution is 0.0991. The Kier molecular flexibility index (Phi) is 3.78. The lowest BCUT2D eigenvalue weighted by Gasteiger charge is -2.05. The van der Waals surface area contributed by atoms with E-state index in [9.17, 15) is 4.79 Å². The van der Waals surface area contributed by atoms with Gasteiger partial charge in [0.05, 0.1) is 12.1 Å². The summed E-state index contributed by atoms with van der Waals surface area (Å²) in [5, 5.41) is 0.594. The van der Waals surface area contributed by atoms with Crippen LogP contribution in [0, 0.1) is 13.8 Å². The number of nitrogens with zero attached hydrogens (tertiary/aromatic N) is 1. The molecule has 0 atom stereocenters. The first-order valence-electron chi connectivity index (χ1n) is 5.77. The molecule has 3 heteroatoms. The zero-order valence-electron chi connectivity index (χ0n) is 10.4. The van der Waals surface area contributed by atoms with E-state index in [-0.39, 0.29) is 5.78 Å². The van der Waals surface area contributed by atoms with Gasteiger partial charge in [-0.05, 0) is 49.2 Å². The molecule has 92 valence electrons. The minimum absolute atomic E-state index is 0.0439. The zero-order valence-corrected chi connectivity index (χ0v) is 11.2. The van der Waals surface area contributed by atoms with Crippen LogP contribution in [0.1, 0.15) is 27.2 Å². The zero-order chi connectivity index (χ0) is 13.1. The quantitative estimate of drug-likeness (QED) is 0.786. The standard InChI is InChI=1S/C15H14ClNO/c1-10-6-12(8-13(16)7-10)15(18)9-14-11(2)4-3-5-17-14/h3-8H,9H2,1-2H3. The summed E-state index contributed by atoms with van der Waals surface area (Å²) in [6.45, 7) is 3.88. The largest absolute Gasteiger partial charge is 0.294 e. The number of carbonyl (C=O) groups excluding carboxylic acids is 1. The Morgan fingerprint density at radius 1 is 1.28 bits per heavy atom. The first kappa shape index (κ1) is 12.8. The molecular formula is C15H14ClNO. The number of Topliss-reactive ketones (excluding diaryl/α,β-unsaturated/α-hetero) is 1. The van der Waals surface area contributed by atoms with Gasteiger partial charge >= 0.3 is 0 Å². The normalized spacial score (nSPS) is 10.4. The third-order valence-electron chi connectivity index (χ3n) is 2.81. The Hall–Kier alpha value is -1.67. The summed E-state index contributed by atoms with van der Waals surface area (Å²) in [6.07, 6.45) is 2.02. The van der Waals surface area contributed by atoms with Gasteiger partial charge < -0.3 is 0 Å². The topological polar surface area (TPSA) is 30.0 Å². The van der Waals surface area contributed by atoms with E-state index in [1.165, 1.54) is 0 Å². The van der Waals surface area contributed by atoms with Crippen LogP contribution in [-0.4, -0.2) is 10.8 Å². The lowest BCUT2D eigenvalue weighted by atomic mass is 10.0. The summed E-state index contributed by atoms with van der Waals surface area (Å²) < 4.78 is 0. The number of hydrogen-bond acceptors (Lipinski definition) is 2. The molecule has 0 saturated heterocycles. The van der Waals surface area contributed by atoms with Crippen molar-refractivity contribution in [2.24, 2.45) is 0 Å². The van der Waals surface area contributed by atoms with Gasteiger partial charge in [-0.1, -0.05) is 17.7 Å². The SMILES string of the molecule is Cc1cc(Cl)cc(C(=O)Cc2ncccc2C)c1. The van der Waals surface area contributed by atoms with Crippen LogP contribution in [0.4, 0.5) is 0 Å². The van der Waals surface area contributed by atoms with Gasteiger partial charge in [0.2, 0.25) is 0 Å². The summed E-state index contributed by atoms with van der Waals surface area (Å²) in [5.74, 6) is 0.0439. The molecule has 1 aromatic carbocycles. The van der Waals surface area contributed by atoms with E-state index in [2.05, 4.69) is 4.98 Å².